The highest BCUT2D eigenvalue weighted by Gasteiger charge is 2.43. The third-order valence-electron chi connectivity index (χ3n) is 4.37. The molecular formula is C14H28N2O. The lowest BCUT2D eigenvalue weighted by molar-refractivity contribution is -0.0112. The predicted octanol–water partition coefficient (Wildman–Crippen LogP) is 1.88. The van der Waals surface area contributed by atoms with E-state index in [1.165, 1.54) is 32.4 Å². The van der Waals surface area contributed by atoms with Crippen LogP contribution in [0.25, 0.3) is 0 Å². The van der Waals surface area contributed by atoms with Crippen molar-refractivity contribution in [3.05, 3.63) is 0 Å². The molecule has 2 rings (SSSR count). The van der Waals surface area contributed by atoms with Crippen LogP contribution in [0.5, 0.6) is 0 Å². The average Bonchev–Trinajstić information content (AvgIpc) is 3.05. The second kappa shape index (κ2) is 4.87. The molecule has 1 saturated carbocycles. The molecular weight excluding hydrogens is 212 g/mol. The van der Waals surface area contributed by atoms with Crippen LogP contribution in [0.4, 0.5) is 0 Å². The van der Waals surface area contributed by atoms with Crippen molar-refractivity contribution < 1.29 is 4.74 Å². The Morgan fingerprint density at radius 2 is 2.12 bits per heavy atom. The first-order chi connectivity index (χ1) is 7.95. The molecule has 2 fully saturated rings. The molecule has 1 aliphatic heterocycles. The highest BCUT2D eigenvalue weighted by molar-refractivity contribution is 5.01. The zero-order valence-electron chi connectivity index (χ0n) is 11.9. The first kappa shape index (κ1) is 13.3. The number of ether oxygens (including phenoxy) is 1. The molecule has 1 heterocycles. The molecule has 0 bridgehead atoms. The van der Waals surface area contributed by atoms with Crippen molar-refractivity contribution in [1.29, 1.82) is 0 Å². The van der Waals surface area contributed by atoms with E-state index in [9.17, 15) is 0 Å². The smallest absolute Gasteiger partial charge is 0.0749 e. The van der Waals surface area contributed by atoms with Crippen molar-refractivity contribution in [2.45, 2.75) is 51.2 Å². The van der Waals surface area contributed by atoms with Gasteiger partial charge in [0, 0.05) is 25.7 Å². The normalized spacial score (nSPS) is 32.5. The van der Waals surface area contributed by atoms with E-state index in [0.29, 0.717) is 5.54 Å². The van der Waals surface area contributed by atoms with Crippen molar-refractivity contribution in [2.75, 3.05) is 33.3 Å². The largest absolute Gasteiger partial charge is 0.377 e. The topological polar surface area (TPSA) is 24.5 Å². The first-order valence-electron chi connectivity index (χ1n) is 6.98. The minimum absolute atomic E-state index is 0.0329. The van der Waals surface area contributed by atoms with Crippen molar-refractivity contribution in [2.24, 2.45) is 5.92 Å². The second-order valence-electron chi connectivity index (χ2n) is 6.65. The van der Waals surface area contributed by atoms with Crippen LogP contribution in [-0.4, -0.2) is 49.3 Å². The monoisotopic (exact) mass is 240 g/mol. The van der Waals surface area contributed by atoms with E-state index >= 15 is 0 Å². The highest BCUT2D eigenvalue weighted by atomic mass is 16.5. The van der Waals surface area contributed by atoms with Gasteiger partial charge in [-0.1, -0.05) is 0 Å². The summed E-state index contributed by atoms with van der Waals surface area (Å²) in [4.78, 5) is 2.59. The van der Waals surface area contributed by atoms with Gasteiger partial charge in [-0.25, -0.2) is 0 Å². The van der Waals surface area contributed by atoms with Crippen LogP contribution < -0.4 is 5.32 Å². The average molecular weight is 240 g/mol. The SMILES string of the molecule is COC(C)(C)CN1CCCNC(C)(C2CC2)C1. The van der Waals surface area contributed by atoms with E-state index in [2.05, 4.69) is 31.0 Å². The van der Waals surface area contributed by atoms with Crippen molar-refractivity contribution in [3.8, 4) is 0 Å². The summed E-state index contributed by atoms with van der Waals surface area (Å²) in [5.41, 5.74) is 0.301. The second-order valence-corrected chi connectivity index (χ2v) is 6.65. The minimum Gasteiger partial charge on any atom is -0.377 e. The number of methoxy groups -OCH3 is 1. The number of hydrogen-bond donors (Lipinski definition) is 1. The summed E-state index contributed by atoms with van der Waals surface area (Å²) in [6.07, 6.45) is 4.07. The number of rotatable bonds is 4. The lowest BCUT2D eigenvalue weighted by atomic mass is 9.95. The fraction of sp³-hybridized carbons (Fsp3) is 1.00. The summed E-state index contributed by atoms with van der Waals surface area (Å²) < 4.78 is 5.56. The third-order valence-corrected chi connectivity index (χ3v) is 4.37. The van der Waals surface area contributed by atoms with Gasteiger partial charge in [0.1, 0.15) is 0 Å². The standard InChI is InChI=1S/C14H28N2O/c1-13(2,17-4)10-16-9-5-8-15-14(3,11-16)12-6-7-12/h12,15H,5-11H2,1-4H3. The van der Waals surface area contributed by atoms with Crippen LogP contribution >= 0.6 is 0 Å². The van der Waals surface area contributed by atoms with Crippen LogP contribution in [0.1, 0.15) is 40.0 Å². The molecule has 0 amide bonds. The van der Waals surface area contributed by atoms with Gasteiger partial charge < -0.3 is 10.1 Å². The third kappa shape index (κ3) is 3.43. The van der Waals surface area contributed by atoms with Gasteiger partial charge in [-0.05, 0) is 59.0 Å². The molecule has 0 aromatic carbocycles. The minimum atomic E-state index is -0.0329. The van der Waals surface area contributed by atoms with E-state index in [-0.39, 0.29) is 5.60 Å². The Morgan fingerprint density at radius 3 is 2.71 bits per heavy atom. The number of nitrogens with zero attached hydrogens (tertiary/aromatic N) is 1. The molecule has 1 saturated heterocycles. The Kier molecular flexibility index (Phi) is 3.81. The van der Waals surface area contributed by atoms with Crippen LogP contribution in [0, 0.1) is 5.92 Å². The Morgan fingerprint density at radius 1 is 1.41 bits per heavy atom. The molecule has 0 aromatic heterocycles. The summed E-state index contributed by atoms with van der Waals surface area (Å²) in [5.74, 6) is 0.897. The van der Waals surface area contributed by atoms with Gasteiger partial charge in [0.05, 0.1) is 5.60 Å². The van der Waals surface area contributed by atoms with Crippen LogP contribution in [-0.2, 0) is 4.74 Å². The van der Waals surface area contributed by atoms with Gasteiger partial charge in [0.2, 0.25) is 0 Å². The molecule has 1 atom stereocenters. The Hall–Kier alpha value is -0.120. The van der Waals surface area contributed by atoms with E-state index in [0.717, 1.165) is 19.0 Å². The molecule has 3 heteroatoms. The fourth-order valence-corrected chi connectivity index (χ4v) is 3.01. The van der Waals surface area contributed by atoms with Gasteiger partial charge in [-0.2, -0.15) is 0 Å². The summed E-state index contributed by atoms with van der Waals surface area (Å²) in [6, 6.07) is 0. The lowest BCUT2D eigenvalue weighted by Gasteiger charge is -2.37. The molecule has 1 N–H and O–H groups in total. The van der Waals surface area contributed by atoms with E-state index in [1.54, 1.807) is 0 Å². The first-order valence-corrected chi connectivity index (χ1v) is 6.98. The Balaban J connectivity index is 1.97. The predicted molar refractivity (Wildman–Crippen MR) is 71.3 cm³/mol. The zero-order chi connectivity index (χ0) is 12.5. The Bertz CT molecular complexity index is 263. The van der Waals surface area contributed by atoms with Gasteiger partial charge in [-0.3, -0.25) is 4.90 Å². The molecule has 100 valence electrons. The quantitative estimate of drug-likeness (QED) is 0.812. The number of nitrogens with one attached hydrogen (secondary N) is 1. The maximum absolute atomic E-state index is 5.56. The summed E-state index contributed by atoms with van der Waals surface area (Å²) in [5, 5.41) is 3.77. The molecule has 3 nitrogen and oxygen atoms in total. The fourth-order valence-electron chi connectivity index (χ4n) is 3.01. The zero-order valence-corrected chi connectivity index (χ0v) is 11.9. The molecule has 0 spiro atoms. The van der Waals surface area contributed by atoms with E-state index in [1.807, 2.05) is 7.11 Å². The van der Waals surface area contributed by atoms with Gasteiger partial charge in [-0.15, -0.1) is 0 Å². The van der Waals surface area contributed by atoms with Crippen molar-refractivity contribution in [1.82, 2.24) is 10.2 Å². The lowest BCUT2D eigenvalue weighted by Crippen LogP contribution is -2.53. The highest BCUT2D eigenvalue weighted by Crippen LogP contribution is 2.40. The molecule has 1 unspecified atom stereocenters. The molecule has 1 aliphatic carbocycles. The summed E-state index contributed by atoms with van der Waals surface area (Å²) >= 11 is 0. The van der Waals surface area contributed by atoms with Crippen LogP contribution in [0.3, 0.4) is 0 Å². The van der Waals surface area contributed by atoms with Gasteiger partial charge >= 0.3 is 0 Å². The van der Waals surface area contributed by atoms with Crippen molar-refractivity contribution >= 4 is 0 Å². The molecule has 0 aromatic rings. The molecule has 0 radical (unpaired) electrons. The van der Waals surface area contributed by atoms with Gasteiger partial charge in [0.15, 0.2) is 0 Å². The molecule has 17 heavy (non-hydrogen) atoms. The van der Waals surface area contributed by atoms with Crippen LogP contribution in [0.15, 0.2) is 0 Å². The van der Waals surface area contributed by atoms with E-state index < -0.39 is 0 Å². The Labute approximate surface area is 106 Å². The van der Waals surface area contributed by atoms with Gasteiger partial charge in [0.25, 0.3) is 0 Å². The number of hydrogen-bond acceptors (Lipinski definition) is 3. The summed E-state index contributed by atoms with van der Waals surface area (Å²) in [6.45, 7) is 11.3. The maximum Gasteiger partial charge on any atom is 0.0749 e. The molecule has 2 aliphatic rings. The van der Waals surface area contributed by atoms with Crippen LogP contribution in [0.2, 0.25) is 0 Å². The van der Waals surface area contributed by atoms with E-state index in [4.69, 9.17) is 4.74 Å². The van der Waals surface area contributed by atoms with Crippen molar-refractivity contribution in [3.63, 3.8) is 0 Å². The summed E-state index contributed by atoms with van der Waals surface area (Å²) in [7, 11) is 1.82. The maximum atomic E-state index is 5.56.